The zero-order chi connectivity index (χ0) is 18.1. The summed E-state index contributed by atoms with van der Waals surface area (Å²) in [6.07, 6.45) is 1.39. The summed E-state index contributed by atoms with van der Waals surface area (Å²) < 4.78 is 40.6. The first-order valence-corrected chi connectivity index (χ1v) is 7.74. The molecule has 128 valence electrons. The van der Waals surface area contributed by atoms with E-state index in [4.69, 9.17) is 28.9 Å². The van der Waals surface area contributed by atoms with Crippen molar-refractivity contribution in [2.24, 2.45) is 0 Å². The van der Waals surface area contributed by atoms with E-state index in [1.54, 1.807) is 0 Å². The van der Waals surface area contributed by atoms with Gasteiger partial charge in [-0.25, -0.2) is 18.2 Å². The summed E-state index contributed by atoms with van der Waals surface area (Å²) in [7, 11) is 0. The molecule has 0 bridgehead atoms. The van der Waals surface area contributed by atoms with Crippen LogP contribution in [0.1, 0.15) is 0 Å². The average molecular weight is 384 g/mol. The lowest BCUT2D eigenvalue weighted by Gasteiger charge is -2.16. The largest absolute Gasteiger partial charge is 0.397 e. The standard InChI is InChI=1S/C17H10Cl2F3N3/c18-11-5-8(20)1-2-10(11)15-14(3-4-24-17(15)19)25-16-12(22)6-9(21)7-13(16)23/h1-7H,23H2,(H,24,25). The lowest BCUT2D eigenvalue weighted by molar-refractivity contribution is 0.587. The van der Waals surface area contributed by atoms with E-state index < -0.39 is 17.5 Å². The van der Waals surface area contributed by atoms with E-state index in [1.807, 2.05) is 0 Å². The Kier molecular flexibility index (Phi) is 4.74. The number of aromatic nitrogens is 1. The van der Waals surface area contributed by atoms with Crippen LogP contribution in [-0.2, 0) is 0 Å². The van der Waals surface area contributed by atoms with Crippen LogP contribution in [0.2, 0.25) is 10.2 Å². The molecular weight excluding hydrogens is 374 g/mol. The highest BCUT2D eigenvalue weighted by Crippen LogP contribution is 2.40. The second kappa shape index (κ2) is 6.82. The molecule has 0 radical (unpaired) electrons. The number of halogens is 5. The molecule has 2 aromatic carbocycles. The van der Waals surface area contributed by atoms with Crippen LogP contribution in [0.4, 0.5) is 30.2 Å². The van der Waals surface area contributed by atoms with Crippen LogP contribution < -0.4 is 11.1 Å². The van der Waals surface area contributed by atoms with Crippen LogP contribution in [0.3, 0.4) is 0 Å². The molecule has 0 aliphatic heterocycles. The van der Waals surface area contributed by atoms with E-state index in [1.165, 1.54) is 24.4 Å². The lowest BCUT2D eigenvalue weighted by atomic mass is 10.1. The Balaban J connectivity index is 2.14. The molecule has 3 N–H and O–H groups in total. The molecule has 0 unspecified atom stereocenters. The highest BCUT2D eigenvalue weighted by molar-refractivity contribution is 6.36. The zero-order valence-electron chi connectivity index (χ0n) is 12.5. The van der Waals surface area contributed by atoms with Crippen molar-refractivity contribution in [3.63, 3.8) is 0 Å². The van der Waals surface area contributed by atoms with Gasteiger partial charge in [-0.2, -0.15) is 0 Å². The molecular formula is C17H10Cl2F3N3. The average Bonchev–Trinajstić information content (AvgIpc) is 2.52. The van der Waals surface area contributed by atoms with Gasteiger partial charge >= 0.3 is 0 Å². The number of anilines is 3. The van der Waals surface area contributed by atoms with Crippen LogP contribution in [0, 0.1) is 17.5 Å². The molecule has 3 nitrogen and oxygen atoms in total. The van der Waals surface area contributed by atoms with Crippen molar-refractivity contribution in [1.29, 1.82) is 0 Å². The topological polar surface area (TPSA) is 50.9 Å². The minimum Gasteiger partial charge on any atom is -0.397 e. The van der Waals surface area contributed by atoms with E-state index in [2.05, 4.69) is 10.3 Å². The normalized spacial score (nSPS) is 10.8. The molecule has 0 spiro atoms. The molecule has 3 rings (SSSR count). The fourth-order valence-corrected chi connectivity index (χ4v) is 2.87. The molecule has 0 aliphatic rings. The molecule has 0 fully saturated rings. The summed E-state index contributed by atoms with van der Waals surface area (Å²) in [6.45, 7) is 0. The SMILES string of the molecule is Nc1cc(F)cc(F)c1Nc1ccnc(Cl)c1-c1ccc(F)cc1Cl. The molecule has 25 heavy (non-hydrogen) atoms. The highest BCUT2D eigenvalue weighted by Gasteiger charge is 2.17. The first-order valence-electron chi connectivity index (χ1n) is 6.98. The van der Waals surface area contributed by atoms with Crippen molar-refractivity contribution < 1.29 is 13.2 Å². The summed E-state index contributed by atoms with van der Waals surface area (Å²) in [5.74, 6) is -2.19. The Labute approximate surface area is 151 Å². The maximum Gasteiger partial charge on any atom is 0.151 e. The first kappa shape index (κ1) is 17.4. The summed E-state index contributed by atoms with van der Waals surface area (Å²) >= 11 is 12.2. The van der Waals surface area contributed by atoms with E-state index in [9.17, 15) is 13.2 Å². The molecule has 1 heterocycles. The van der Waals surface area contributed by atoms with Gasteiger partial charge in [-0.3, -0.25) is 0 Å². The van der Waals surface area contributed by atoms with E-state index in [0.29, 0.717) is 22.9 Å². The fraction of sp³-hybridized carbons (Fsp3) is 0. The summed E-state index contributed by atoms with van der Waals surface area (Å²) in [5.41, 5.74) is 6.48. The number of hydrogen-bond donors (Lipinski definition) is 2. The summed E-state index contributed by atoms with van der Waals surface area (Å²) in [5, 5.41) is 2.95. The molecule has 0 atom stereocenters. The second-order valence-electron chi connectivity index (χ2n) is 5.13. The van der Waals surface area contributed by atoms with Gasteiger partial charge in [0.2, 0.25) is 0 Å². The monoisotopic (exact) mass is 383 g/mol. The van der Waals surface area contributed by atoms with Crippen molar-refractivity contribution in [3.8, 4) is 11.1 Å². The molecule has 0 aliphatic carbocycles. The van der Waals surface area contributed by atoms with E-state index >= 15 is 0 Å². The fourth-order valence-electron chi connectivity index (χ4n) is 2.35. The van der Waals surface area contributed by atoms with E-state index in [0.717, 1.165) is 12.1 Å². The Hall–Kier alpha value is -2.44. The Morgan fingerprint density at radius 2 is 1.72 bits per heavy atom. The number of hydrogen-bond acceptors (Lipinski definition) is 3. The molecule has 8 heteroatoms. The maximum absolute atomic E-state index is 14.1. The third-order valence-electron chi connectivity index (χ3n) is 3.45. The zero-order valence-corrected chi connectivity index (χ0v) is 14.0. The van der Waals surface area contributed by atoms with Gasteiger partial charge in [0.05, 0.1) is 22.1 Å². The summed E-state index contributed by atoms with van der Waals surface area (Å²) in [6, 6.07) is 6.96. The lowest BCUT2D eigenvalue weighted by Crippen LogP contribution is -2.02. The Morgan fingerprint density at radius 3 is 2.40 bits per heavy atom. The van der Waals surface area contributed by atoms with Gasteiger partial charge in [-0.15, -0.1) is 0 Å². The Morgan fingerprint density at radius 1 is 0.960 bits per heavy atom. The van der Waals surface area contributed by atoms with Gasteiger partial charge in [0.15, 0.2) is 5.82 Å². The minimum atomic E-state index is -0.874. The number of nitrogens with zero attached hydrogens (tertiary/aromatic N) is 1. The number of nitrogen functional groups attached to an aromatic ring is 1. The maximum atomic E-state index is 14.1. The molecule has 0 saturated heterocycles. The predicted molar refractivity (Wildman–Crippen MR) is 93.7 cm³/mol. The van der Waals surface area contributed by atoms with Crippen LogP contribution in [0.25, 0.3) is 11.1 Å². The van der Waals surface area contributed by atoms with Crippen LogP contribution in [0.5, 0.6) is 0 Å². The summed E-state index contributed by atoms with van der Waals surface area (Å²) in [4.78, 5) is 3.97. The minimum absolute atomic E-state index is 0.0691. The smallest absolute Gasteiger partial charge is 0.151 e. The molecule has 1 aromatic heterocycles. The number of nitrogens with one attached hydrogen (secondary N) is 1. The van der Waals surface area contributed by atoms with Gasteiger partial charge in [0.25, 0.3) is 0 Å². The number of pyridine rings is 1. The predicted octanol–water partition coefficient (Wildman–Crippen LogP) is 5.80. The van der Waals surface area contributed by atoms with E-state index in [-0.39, 0.29) is 21.6 Å². The first-order chi connectivity index (χ1) is 11.9. The van der Waals surface area contributed by atoms with Crippen molar-refractivity contribution in [1.82, 2.24) is 4.98 Å². The van der Waals surface area contributed by atoms with Crippen molar-refractivity contribution in [3.05, 3.63) is 70.2 Å². The van der Waals surface area contributed by atoms with Gasteiger partial charge in [-0.05, 0) is 30.3 Å². The third kappa shape index (κ3) is 3.50. The van der Waals surface area contributed by atoms with Gasteiger partial charge in [-0.1, -0.05) is 23.2 Å². The van der Waals surface area contributed by atoms with Gasteiger partial charge in [0, 0.05) is 23.4 Å². The number of rotatable bonds is 3. The van der Waals surface area contributed by atoms with Crippen LogP contribution >= 0.6 is 23.2 Å². The molecule has 3 aromatic rings. The van der Waals surface area contributed by atoms with Crippen LogP contribution in [0.15, 0.2) is 42.6 Å². The van der Waals surface area contributed by atoms with Crippen molar-refractivity contribution in [2.75, 3.05) is 11.1 Å². The molecule has 0 amide bonds. The van der Waals surface area contributed by atoms with Crippen molar-refractivity contribution in [2.45, 2.75) is 0 Å². The second-order valence-corrected chi connectivity index (χ2v) is 5.89. The van der Waals surface area contributed by atoms with Crippen molar-refractivity contribution >= 4 is 40.3 Å². The molecule has 0 saturated carbocycles. The Bertz CT molecular complexity index is 941. The van der Waals surface area contributed by atoms with Crippen LogP contribution in [-0.4, -0.2) is 4.98 Å². The number of benzene rings is 2. The third-order valence-corrected chi connectivity index (χ3v) is 4.05. The highest BCUT2D eigenvalue weighted by atomic mass is 35.5. The van der Waals surface area contributed by atoms with Gasteiger partial charge in [0.1, 0.15) is 16.8 Å². The quantitative estimate of drug-likeness (QED) is 0.443. The number of nitrogens with two attached hydrogens (primary N) is 1. The van der Waals surface area contributed by atoms with Gasteiger partial charge < -0.3 is 11.1 Å².